The number of rotatable bonds is 9. The highest BCUT2D eigenvalue weighted by Gasteiger charge is 2.25. The van der Waals surface area contributed by atoms with Gasteiger partial charge in [-0.2, -0.15) is 0 Å². The summed E-state index contributed by atoms with van der Waals surface area (Å²) in [7, 11) is 0. The fourth-order valence-corrected chi connectivity index (χ4v) is 3.08. The molecule has 2 aliphatic rings. The molecular formula is C25H26N2O4. The minimum absolute atomic E-state index is 0.0977. The van der Waals surface area contributed by atoms with Crippen molar-refractivity contribution in [3.8, 4) is 5.75 Å². The van der Waals surface area contributed by atoms with E-state index < -0.39 is 5.91 Å². The maximum atomic E-state index is 12.9. The topological polar surface area (TPSA) is 87.7 Å². The molecule has 31 heavy (non-hydrogen) atoms. The van der Waals surface area contributed by atoms with Gasteiger partial charge in [-0.1, -0.05) is 36.4 Å². The fourth-order valence-electron chi connectivity index (χ4n) is 3.08. The third kappa shape index (κ3) is 6.30. The van der Waals surface area contributed by atoms with E-state index in [4.69, 9.17) is 9.94 Å². The molecular weight excluding hydrogens is 392 g/mol. The Morgan fingerprint density at radius 2 is 1.65 bits per heavy atom. The molecule has 3 N–H and O–H groups in total. The summed E-state index contributed by atoms with van der Waals surface area (Å²) in [5.74, 6) is 0.849. The van der Waals surface area contributed by atoms with Crippen LogP contribution in [0.25, 0.3) is 17.7 Å². The Hall–Kier alpha value is -3.38. The lowest BCUT2D eigenvalue weighted by molar-refractivity contribution is -0.124. The van der Waals surface area contributed by atoms with E-state index in [9.17, 15) is 9.59 Å². The van der Waals surface area contributed by atoms with E-state index >= 15 is 0 Å². The molecule has 2 aromatic rings. The zero-order valence-corrected chi connectivity index (χ0v) is 17.2. The van der Waals surface area contributed by atoms with Gasteiger partial charge in [-0.3, -0.25) is 14.8 Å². The zero-order valence-electron chi connectivity index (χ0n) is 17.2. The van der Waals surface area contributed by atoms with Gasteiger partial charge in [0, 0.05) is 17.7 Å². The zero-order chi connectivity index (χ0) is 21.6. The average molecular weight is 418 g/mol. The van der Waals surface area contributed by atoms with Crippen LogP contribution in [0.2, 0.25) is 0 Å². The van der Waals surface area contributed by atoms with Crippen LogP contribution in [0, 0.1) is 5.92 Å². The number of hydroxylamine groups is 1. The molecule has 0 unspecified atom stereocenters. The molecule has 0 bridgehead atoms. The Bertz CT molecular complexity index is 985. The van der Waals surface area contributed by atoms with Crippen LogP contribution in [-0.4, -0.2) is 29.7 Å². The van der Waals surface area contributed by atoms with Crippen molar-refractivity contribution in [1.29, 1.82) is 0 Å². The van der Waals surface area contributed by atoms with Crippen LogP contribution in [0.1, 0.15) is 42.4 Å². The Kier molecular flexibility index (Phi) is 6.48. The summed E-state index contributed by atoms with van der Waals surface area (Å²) < 4.78 is 5.79. The number of benzene rings is 2. The lowest BCUT2D eigenvalue weighted by atomic mass is 10.00. The van der Waals surface area contributed by atoms with E-state index in [1.807, 2.05) is 54.6 Å². The molecule has 2 fully saturated rings. The van der Waals surface area contributed by atoms with E-state index in [1.54, 1.807) is 11.6 Å². The standard InChI is InChI=1S/C25H26N2O4/c28-24(27-30)14-7-17-3-8-20(9-4-17)23(25(29)26-21-10-11-21)15-18-5-12-22(13-6-18)31-16-19-1-2-19/h3-9,12-15,19,21,30H,1-2,10-11,16H2,(H,26,29)(H,27,28). The quantitative estimate of drug-likeness (QED) is 0.250. The van der Waals surface area contributed by atoms with Crippen LogP contribution in [0.3, 0.4) is 0 Å². The van der Waals surface area contributed by atoms with E-state index in [0.717, 1.165) is 41.9 Å². The van der Waals surface area contributed by atoms with E-state index in [0.29, 0.717) is 11.5 Å². The molecule has 2 aromatic carbocycles. The Morgan fingerprint density at radius 1 is 0.968 bits per heavy atom. The van der Waals surface area contributed by atoms with Gasteiger partial charge in [-0.05, 0) is 72.6 Å². The molecule has 6 nitrogen and oxygen atoms in total. The van der Waals surface area contributed by atoms with Crippen LogP contribution in [0.15, 0.2) is 54.6 Å². The summed E-state index contributed by atoms with van der Waals surface area (Å²) >= 11 is 0. The minimum atomic E-state index is -0.599. The predicted octanol–water partition coefficient (Wildman–Crippen LogP) is 3.81. The number of hydrogen-bond acceptors (Lipinski definition) is 4. The van der Waals surface area contributed by atoms with Gasteiger partial charge in [0.05, 0.1) is 6.61 Å². The summed E-state index contributed by atoms with van der Waals surface area (Å²) in [4.78, 5) is 24.0. The lowest BCUT2D eigenvalue weighted by Gasteiger charge is -2.10. The number of ether oxygens (including phenoxy) is 1. The first kappa shape index (κ1) is 20.9. The summed E-state index contributed by atoms with van der Waals surface area (Å²) in [5, 5.41) is 11.6. The number of nitrogens with one attached hydrogen (secondary N) is 2. The van der Waals surface area contributed by atoms with Crippen molar-refractivity contribution < 1.29 is 19.5 Å². The maximum absolute atomic E-state index is 12.9. The third-order valence-electron chi connectivity index (χ3n) is 5.29. The average Bonchev–Trinajstić information content (AvgIpc) is 3.71. The van der Waals surface area contributed by atoms with Gasteiger partial charge in [-0.15, -0.1) is 0 Å². The molecule has 0 heterocycles. The van der Waals surface area contributed by atoms with Crippen LogP contribution < -0.4 is 15.5 Å². The van der Waals surface area contributed by atoms with Gasteiger partial charge in [-0.25, -0.2) is 5.48 Å². The van der Waals surface area contributed by atoms with Crippen molar-refractivity contribution in [3.05, 3.63) is 71.3 Å². The number of hydrogen-bond donors (Lipinski definition) is 3. The molecule has 2 saturated carbocycles. The van der Waals surface area contributed by atoms with Crippen molar-refractivity contribution in [3.63, 3.8) is 0 Å². The fraction of sp³-hybridized carbons (Fsp3) is 0.280. The minimum Gasteiger partial charge on any atom is -0.493 e. The molecule has 0 spiro atoms. The SMILES string of the molecule is O=C(C=Cc1ccc(C(=Cc2ccc(OCC3CC3)cc2)C(=O)NC2CC2)cc1)NO. The summed E-state index contributed by atoms with van der Waals surface area (Å²) in [5.41, 5.74) is 4.63. The van der Waals surface area contributed by atoms with E-state index in [-0.39, 0.29) is 11.9 Å². The molecule has 0 atom stereocenters. The molecule has 0 saturated heterocycles. The van der Waals surface area contributed by atoms with Crippen LogP contribution >= 0.6 is 0 Å². The molecule has 6 heteroatoms. The second-order valence-electron chi connectivity index (χ2n) is 8.06. The number of carbonyl (C=O) groups is 2. The van der Waals surface area contributed by atoms with Crippen LogP contribution in [0.4, 0.5) is 0 Å². The smallest absolute Gasteiger partial charge is 0.267 e. The van der Waals surface area contributed by atoms with Gasteiger partial charge in [0.1, 0.15) is 5.75 Å². The van der Waals surface area contributed by atoms with Crippen LogP contribution in [0.5, 0.6) is 5.75 Å². The highest BCUT2D eigenvalue weighted by molar-refractivity contribution is 6.24. The molecule has 0 aliphatic heterocycles. The molecule has 2 amide bonds. The van der Waals surface area contributed by atoms with Gasteiger partial charge >= 0.3 is 0 Å². The molecule has 2 aliphatic carbocycles. The third-order valence-corrected chi connectivity index (χ3v) is 5.29. The summed E-state index contributed by atoms with van der Waals surface area (Å²) in [6.45, 7) is 0.769. The normalized spacial score (nSPS) is 16.2. The van der Waals surface area contributed by atoms with Gasteiger partial charge in [0.15, 0.2) is 0 Å². The largest absolute Gasteiger partial charge is 0.493 e. The monoisotopic (exact) mass is 418 g/mol. The predicted molar refractivity (Wildman–Crippen MR) is 119 cm³/mol. The van der Waals surface area contributed by atoms with E-state index in [2.05, 4.69) is 5.32 Å². The van der Waals surface area contributed by atoms with Gasteiger partial charge in [0.2, 0.25) is 0 Å². The van der Waals surface area contributed by atoms with Crippen molar-refractivity contribution in [2.24, 2.45) is 5.92 Å². The number of amides is 2. The first-order chi connectivity index (χ1) is 15.1. The Balaban J connectivity index is 1.52. The molecule has 160 valence electrons. The molecule has 0 aromatic heterocycles. The second-order valence-corrected chi connectivity index (χ2v) is 8.06. The maximum Gasteiger partial charge on any atom is 0.267 e. The van der Waals surface area contributed by atoms with Crippen LogP contribution in [-0.2, 0) is 9.59 Å². The Labute approximate surface area is 181 Å². The highest BCUT2D eigenvalue weighted by Crippen LogP contribution is 2.30. The van der Waals surface area contributed by atoms with Crippen molar-refractivity contribution in [2.75, 3.05) is 6.61 Å². The van der Waals surface area contributed by atoms with Crippen molar-refractivity contribution in [2.45, 2.75) is 31.7 Å². The Morgan fingerprint density at radius 3 is 2.26 bits per heavy atom. The molecule has 4 rings (SSSR count). The van der Waals surface area contributed by atoms with Gasteiger partial charge < -0.3 is 10.1 Å². The van der Waals surface area contributed by atoms with Gasteiger partial charge in [0.25, 0.3) is 11.8 Å². The summed E-state index contributed by atoms with van der Waals surface area (Å²) in [6, 6.07) is 15.4. The summed E-state index contributed by atoms with van der Waals surface area (Å²) in [6.07, 6.45) is 9.24. The first-order valence-corrected chi connectivity index (χ1v) is 10.6. The molecule has 0 radical (unpaired) electrons. The van der Waals surface area contributed by atoms with Crippen molar-refractivity contribution >= 4 is 29.5 Å². The number of carbonyl (C=O) groups excluding carboxylic acids is 2. The highest BCUT2D eigenvalue weighted by atomic mass is 16.5. The van der Waals surface area contributed by atoms with Crippen molar-refractivity contribution in [1.82, 2.24) is 10.8 Å². The van der Waals surface area contributed by atoms with E-state index in [1.165, 1.54) is 18.9 Å². The lowest BCUT2D eigenvalue weighted by Crippen LogP contribution is -2.26. The second kappa shape index (κ2) is 9.62. The first-order valence-electron chi connectivity index (χ1n) is 10.6.